The summed E-state index contributed by atoms with van der Waals surface area (Å²) < 4.78 is 16.1. The van der Waals surface area contributed by atoms with Gasteiger partial charge in [-0.15, -0.1) is 11.3 Å². The number of fused-ring (bicyclic) bond motifs is 1. The summed E-state index contributed by atoms with van der Waals surface area (Å²) in [6.07, 6.45) is 1.80. The van der Waals surface area contributed by atoms with Gasteiger partial charge in [0.25, 0.3) is 0 Å². The number of thiazole rings is 1. The molecule has 0 N–H and O–H groups in total. The number of hydrogen-bond acceptors (Lipinski definition) is 7. The fourth-order valence-electron chi connectivity index (χ4n) is 3.17. The van der Waals surface area contributed by atoms with E-state index >= 15 is 0 Å². The second kappa shape index (κ2) is 8.49. The molecule has 0 aliphatic carbocycles. The van der Waals surface area contributed by atoms with Crippen molar-refractivity contribution >= 4 is 28.4 Å². The molecular formula is C24H19N3O3S. The van der Waals surface area contributed by atoms with Gasteiger partial charge in [-0.1, -0.05) is 18.2 Å². The smallest absolute Gasteiger partial charge is 0.231 e. The number of ether oxygens (including phenoxy) is 3. The Morgan fingerprint density at radius 1 is 1.00 bits per heavy atom. The van der Waals surface area contributed by atoms with E-state index in [1.54, 1.807) is 13.3 Å². The van der Waals surface area contributed by atoms with Crippen molar-refractivity contribution in [1.82, 2.24) is 4.98 Å². The largest absolute Gasteiger partial charge is 0.497 e. The van der Waals surface area contributed by atoms with E-state index in [9.17, 15) is 0 Å². The third-order valence-electron chi connectivity index (χ3n) is 4.78. The molecule has 2 heterocycles. The first-order valence-corrected chi connectivity index (χ1v) is 10.6. The third kappa shape index (κ3) is 4.08. The highest BCUT2D eigenvalue weighted by Gasteiger charge is 2.15. The lowest BCUT2D eigenvalue weighted by Gasteiger charge is -2.15. The highest BCUT2D eigenvalue weighted by Crippen LogP contribution is 2.34. The molecule has 0 unspecified atom stereocenters. The van der Waals surface area contributed by atoms with Crippen molar-refractivity contribution in [2.24, 2.45) is 5.10 Å². The minimum atomic E-state index is 0.249. The zero-order chi connectivity index (χ0) is 21.0. The Morgan fingerprint density at radius 2 is 1.81 bits per heavy atom. The van der Waals surface area contributed by atoms with Gasteiger partial charge in [0.2, 0.25) is 11.9 Å². The van der Waals surface area contributed by atoms with E-state index in [1.165, 1.54) is 11.3 Å². The molecule has 1 aliphatic rings. The minimum absolute atomic E-state index is 0.249. The molecular weight excluding hydrogens is 410 g/mol. The number of benzene rings is 3. The Morgan fingerprint density at radius 3 is 2.61 bits per heavy atom. The summed E-state index contributed by atoms with van der Waals surface area (Å²) in [5.74, 6) is 2.30. The fourth-order valence-corrected chi connectivity index (χ4v) is 3.98. The Labute approximate surface area is 184 Å². The third-order valence-corrected chi connectivity index (χ3v) is 5.59. The summed E-state index contributed by atoms with van der Waals surface area (Å²) in [4.78, 5) is 4.83. The van der Waals surface area contributed by atoms with Crippen molar-refractivity contribution in [2.75, 3.05) is 18.9 Å². The Bertz CT molecular complexity index is 1210. The van der Waals surface area contributed by atoms with Crippen LogP contribution < -0.4 is 19.2 Å². The first-order chi connectivity index (χ1) is 15.3. The van der Waals surface area contributed by atoms with Gasteiger partial charge in [-0.2, -0.15) is 5.10 Å². The summed E-state index contributed by atoms with van der Waals surface area (Å²) in [7, 11) is 1.66. The number of para-hydroxylation sites is 1. The van der Waals surface area contributed by atoms with E-state index in [0.29, 0.717) is 0 Å². The number of rotatable bonds is 6. The maximum absolute atomic E-state index is 5.47. The first kappa shape index (κ1) is 19.1. The Hall–Kier alpha value is -3.84. The number of hydrogen-bond donors (Lipinski definition) is 0. The molecule has 6 nitrogen and oxygen atoms in total. The summed E-state index contributed by atoms with van der Waals surface area (Å²) in [6.45, 7) is 0.249. The van der Waals surface area contributed by atoms with Crippen molar-refractivity contribution < 1.29 is 14.2 Å². The maximum Gasteiger partial charge on any atom is 0.231 e. The molecule has 3 aromatic carbocycles. The SMILES string of the molecule is COc1ccc(-c2csc(N(/N=C/c3ccc4c(c3)OCO4)c3ccccc3)n2)cc1. The molecule has 5 rings (SSSR count). The van der Waals surface area contributed by atoms with Crippen LogP contribution in [0.1, 0.15) is 5.56 Å². The van der Waals surface area contributed by atoms with Gasteiger partial charge in [0.05, 0.1) is 24.7 Å². The number of methoxy groups -OCH3 is 1. The van der Waals surface area contributed by atoms with Crippen molar-refractivity contribution in [3.8, 4) is 28.5 Å². The van der Waals surface area contributed by atoms with Crippen LogP contribution in [0.15, 0.2) is 83.3 Å². The predicted octanol–water partition coefficient (Wildman–Crippen LogP) is 5.72. The zero-order valence-electron chi connectivity index (χ0n) is 16.8. The van der Waals surface area contributed by atoms with Gasteiger partial charge in [0, 0.05) is 10.9 Å². The van der Waals surface area contributed by atoms with Crippen molar-refractivity contribution in [1.29, 1.82) is 0 Å². The molecule has 0 atom stereocenters. The fraction of sp³-hybridized carbons (Fsp3) is 0.0833. The van der Waals surface area contributed by atoms with E-state index < -0.39 is 0 Å². The van der Waals surface area contributed by atoms with Crippen LogP contribution >= 0.6 is 11.3 Å². The molecule has 1 aliphatic heterocycles. The second-order valence-electron chi connectivity index (χ2n) is 6.75. The van der Waals surface area contributed by atoms with Gasteiger partial charge in [0.1, 0.15) is 5.75 Å². The Kier molecular flexibility index (Phi) is 5.24. The molecule has 0 amide bonds. The van der Waals surface area contributed by atoms with Crippen LogP contribution in [0.25, 0.3) is 11.3 Å². The van der Waals surface area contributed by atoms with Crippen molar-refractivity contribution in [3.05, 3.63) is 83.7 Å². The lowest BCUT2D eigenvalue weighted by Crippen LogP contribution is -2.09. The molecule has 7 heteroatoms. The highest BCUT2D eigenvalue weighted by atomic mass is 32.1. The number of anilines is 2. The molecule has 154 valence electrons. The topological polar surface area (TPSA) is 56.2 Å². The van der Waals surface area contributed by atoms with Gasteiger partial charge in [-0.3, -0.25) is 0 Å². The van der Waals surface area contributed by atoms with Crippen molar-refractivity contribution in [2.45, 2.75) is 0 Å². The summed E-state index contributed by atoms with van der Waals surface area (Å²) in [5, 5.41) is 9.37. The average Bonchev–Trinajstić information content (AvgIpc) is 3.50. The van der Waals surface area contributed by atoms with Gasteiger partial charge < -0.3 is 14.2 Å². The molecule has 0 radical (unpaired) electrons. The molecule has 4 aromatic rings. The number of nitrogens with zero attached hydrogens (tertiary/aromatic N) is 3. The van der Waals surface area contributed by atoms with Crippen molar-refractivity contribution in [3.63, 3.8) is 0 Å². The van der Waals surface area contributed by atoms with Gasteiger partial charge >= 0.3 is 0 Å². The monoisotopic (exact) mass is 429 g/mol. The molecule has 0 fully saturated rings. The standard InChI is InChI=1S/C24H19N3O3S/c1-28-20-10-8-18(9-11-20)21-15-31-24(26-21)27(19-5-3-2-4-6-19)25-14-17-7-12-22-23(13-17)30-16-29-22/h2-15H,16H2,1H3/b25-14+. The van der Waals surface area contributed by atoms with Crippen LogP contribution in [0.5, 0.6) is 17.2 Å². The van der Waals surface area contributed by atoms with E-state index in [1.807, 2.05) is 83.2 Å². The summed E-state index contributed by atoms with van der Waals surface area (Å²) in [6, 6.07) is 23.6. The van der Waals surface area contributed by atoms with Crippen LogP contribution in [0.3, 0.4) is 0 Å². The summed E-state index contributed by atoms with van der Waals surface area (Å²) >= 11 is 1.54. The molecule has 0 saturated heterocycles. The van der Waals surface area contributed by atoms with Gasteiger partial charge in [-0.05, 0) is 60.2 Å². The quantitative estimate of drug-likeness (QED) is 0.290. The first-order valence-electron chi connectivity index (χ1n) is 9.69. The van der Waals surface area contributed by atoms with E-state index in [-0.39, 0.29) is 6.79 Å². The van der Waals surface area contributed by atoms with Crippen LogP contribution in [0.2, 0.25) is 0 Å². The zero-order valence-corrected chi connectivity index (χ0v) is 17.6. The highest BCUT2D eigenvalue weighted by molar-refractivity contribution is 7.14. The predicted molar refractivity (Wildman–Crippen MR) is 123 cm³/mol. The van der Waals surface area contributed by atoms with E-state index in [0.717, 1.165) is 44.9 Å². The van der Waals surface area contributed by atoms with Crippen LogP contribution in [0, 0.1) is 0 Å². The number of hydrazone groups is 1. The lowest BCUT2D eigenvalue weighted by atomic mass is 10.2. The van der Waals surface area contributed by atoms with E-state index in [4.69, 9.17) is 24.3 Å². The van der Waals surface area contributed by atoms with Gasteiger partial charge in [0.15, 0.2) is 11.5 Å². The molecule has 31 heavy (non-hydrogen) atoms. The average molecular weight is 430 g/mol. The van der Waals surface area contributed by atoms with Crippen LogP contribution in [-0.2, 0) is 0 Å². The number of aromatic nitrogens is 1. The lowest BCUT2D eigenvalue weighted by molar-refractivity contribution is 0.174. The maximum atomic E-state index is 5.47. The molecule has 0 bridgehead atoms. The van der Waals surface area contributed by atoms with Crippen LogP contribution in [0.4, 0.5) is 10.8 Å². The minimum Gasteiger partial charge on any atom is -0.497 e. The Balaban J connectivity index is 1.46. The van der Waals surface area contributed by atoms with Gasteiger partial charge in [-0.25, -0.2) is 9.99 Å². The second-order valence-corrected chi connectivity index (χ2v) is 7.58. The summed E-state index contributed by atoms with van der Waals surface area (Å²) in [5.41, 5.74) is 3.75. The molecule has 0 saturated carbocycles. The molecule has 1 aromatic heterocycles. The van der Waals surface area contributed by atoms with Crippen LogP contribution in [-0.4, -0.2) is 25.1 Å². The van der Waals surface area contributed by atoms with E-state index in [2.05, 4.69) is 0 Å². The normalized spacial score (nSPS) is 12.3. The molecule has 0 spiro atoms.